The quantitative estimate of drug-likeness (QED) is 0.333. The lowest BCUT2D eigenvalue weighted by atomic mass is 10.2. The van der Waals surface area contributed by atoms with Crippen molar-refractivity contribution in [1.82, 2.24) is 5.01 Å². The van der Waals surface area contributed by atoms with E-state index in [1.165, 1.54) is 5.01 Å². The fraction of sp³-hybridized carbons (Fsp3) is 0.833. The first-order chi connectivity index (χ1) is 4.09. The third-order valence-electron chi connectivity index (χ3n) is 1.12. The van der Waals surface area contributed by atoms with Crippen LogP contribution in [0.1, 0.15) is 20.8 Å². The van der Waals surface area contributed by atoms with Crippen LogP contribution in [0, 0.1) is 5.92 Å². The van der Waals surface area contributed by atoms with E-state index in [1.807, 2.05) is 20.8 Å². The zero-order chi connectivity index (χ0) is 7.44. The molecular formula is C6H14N2O. The summed E-state index contributed by atoms with van der Waals surface area (Å²) in [7, 11) is 0. The van der Waals surface area contributed by atoms with Crippen LogP contribution in [0.4, 0.5) is 0 Å². The van der Waals surface area contributed by atoms with Crippen molar-refractivity contribution in [3.63, 3.8) is 0 Å². The van der Waals surface area contributed by atoms with Crippen molar-refractivity contribution < 1.29 is 4.79 Å². The van der Waals surface area contributed by atoms with Crippen LogP contribution in [-0.4, -0.2) is 17.5 Å². The molecule has 0 spiro atoms. The molecule has 1 amide bonds. The molecule has 3 nitrogen and oxygen atoms in total. The van der Waals surface area contributed by atoms with Gasteiger partial charge in [-0.15, -0.1) is 0 Å². The van der Waals surface area contributed by atoms with Crippen molar-refractivity contribution in [1.29, 1.82) is 0 Å². The largest absolute Gasteiger partial charge is 0.281 e. The molecule has 0 fully saturated rings. The first kappa shape index (κ1) is 8.43. The van der Waals surface area contributed by atoms with Crippen LogP contribution in [0.15, 0.2) is 0 Å². The molecule has 0 aromatic rings. The molecule has 2 N–H and O–H groups in total. The van der Waals surface area contributed by atoms with Gasteiger partial charge in [0.1, 0.15) is 0 Å². The van der Waals surface area contributed by atoms with Gasteiger partial charge in [0.15, 0.2) is 0 Å². The van der Waals surface area contributed by atoms with E-state index in [4.69, 9.17) is 5.84 Å². The second-order valence-corrected chi connectivity index (χ2v) is 2.28. The van der Waals surface area contributed by atoms with E-state index in [0.29, 0.717) is 6.54 Å². The normalized spacial score (nSPS) is 9.89. The maximum atomic E-state index is 10.9. The Morgan fingerprint density at radius 3 is 2.22 bits per heavy atom. The number of nitrogens with zero attached hydrogens (tertiary/aromatic N) is 1. The molecule has 0 heterocycles. The Balaban J connectivity index is 3.73. The first-order valence-electron chi connectivity index (χ1n) is 3.15. The molecule has 0 rings (SSSR count). The van der Waals surface area contributed by atoms with Crippen LogP contribution in [-0.2, 0) is 4.79 Å². The topological polar surface area (TPSA) is 46.3 Å². The number of nitrogens with two attached hydrogens (primary N) is 1. The summed E-state index contributed by atoms with van der Waals surface area (Å²) in [4.78, 5) is 10.9. The number of amides is 1. The van der Waals surface area contributed by atoms with Gasteiger partial charge in [-0.05, 0) is 6.92 Å². The monoisotopic (exact) mass is 130 g/mol. The van der Waals surface area contributed by atoms with E-state index in [9.17, 15) is 4.79 Å². The smallest absolute Gasteiger partial charge is 0.239 e. The summed E-state index contributed by atoms with van der Waals surface area (Å²) in [5.74, 6) is 5.31. The van der Waals surface area contributed by atoms with Gasteiger partial charge in [-0.3, -0.25) is 9.80 Å². The van der Waals surface area contributed by atoms with Crippen LogP contribution >= 0.6 is 0 Å². The van der Waals surface area contributed by atoms with Gasteiger partial charge < -0.3 is 0 Å². The number of hydrazine groups is 1. The number of hydrogen-bond acceptors (Lipinski definition) is 2. The summed E-state index contributed by atoms with van der Waals surface area (Å²) in [6, 6.07) is 0. The predicted octanol–water partition coefficient (Wildman–Crippen LogP) is 0.365. The Kier molecular flexibility index (Phi) is 3.24. The van der Waals surface area contributed by atoms with Crippen LogP contribution < -0.4 is 5.84 Å². The van der Waals surface area contributed by atoms with Gasteiger partial charge in [0.05, 0.1) is 0 Å². The summed E-state index contributed by atoms with van der Waals surface area (Å²) in [5, 5.41) is 1.23. The van der Waals surface area contributed by atoms with Gasteiger partial charge in [-0.1, -0.05) is 13.8 Å². The molecular weight excluding hydrogens is 116 g/mol. The summed E-state index contributed by atoms with van der Waals surface area (Å²) in [6.45, 7) is 6.09. The minimum Gasteiger partial charge on any atom is -0.281 e. The minimum atomic E-state index is -0.00231. The second kappa shape index (κ2) is 3.45. The van der Waals surface area contributed by atoms with E-state index in [-0.39, 0.29) is 11.8 Å². The number of hydrogen-bond donors (Lipinski definition) is 1. The second-order valence-electron chi connectivity index (χ2n) is 2.28. The van der Waals surface area contributed by atoms with Crippen molar-refractivity contribution in [3.05, 3.63) is 0 Å². The minimum absolute atomic E-state index is 0.00231. The molecule has 0 aromatic carbocycles. The van der Waals surface area contributed by atoms with E-state index in [1.54, 1.807) is 0 Å². The molecule has 0 atom stereocenters. The van der Waals surface area contributed by atoms with Crippen molar-refractivity contribution >= 4 is 5.91 Å². The average molecular weight is 130 g/mol. The van der Waals surface area contributed by atoms with Gasteiger partial charge in [0.25, 0.3) is 0 Å². The zero-order valence-corrected chi connectivity index (χ0v) is 6.22. The molecule has 0 saturated heterocycles. The summed E-state index contributed by atoms with van der Waals surface area (Å²) >= 11 is 0. The standard InChI is InChI=1S/C6H14N2O/c1-4-8(7)6(9)5(2)3/h5H,4,7H2,1-3H3. The van der Waals surface area contributed by atoms with Gasteiger partial charge >= 0.3 is 0 Å². The molecule has 54 valence electrons. The van der Waals surface area contributed by atoms with E-state index < -0.39 is 0 Å². The summed E-state index contributed by atoms with van der Waals surface area (Å²) in [5.41, 5.74) is 0. The summed E-state index contributed by atoms with van der Waals surface area (Å²) in [6.07, 6.45) is 0. The fourth-order valence-corrected chi connectivity index (χ4v) is 0.487. The molecule has 9 heavy (non-hydrogen) atoms. The lowest BCUT2D eigenvalue weighted by molar-refractivity contribution is -0.134. The Morgan fingerprint density at radius 2 is 2.11 bits per heavy atom. The summed E-state index contributed by atoms with van der Waals surface area (Å²) < 4.78 is 0. The molecule has 0 bridgehead atoms. The Labute approximate surface area is 55.8 Å². The highest BCUT2D eigenvalue weighted by Gasteiger charge is 2.10. The SMILES string of the molecule is CCN(N)C(=O)C(C)C. The highest BCUT2D eigenvalue weighted by molar-refractivity contribution is 5.77. The van der Waals surface area contributed by atoms with E-state index in [2.05, 4.69) is 0 Å². The van der Waals surface area contributed by atoms with Crippen LogP contribution in [0.5, 0.6) is 0 Å². The van der Waals surface area contributed by atoms with E-state index >= 15 is 0 Å². The molecule has 0 unspecified atom stereocenters. The predicted molar refractivity (Wildman–Crippen MR) is 36.4 cm³/mol. The molecule has 0 aliphatic carbocycles. The maximum absolute atomic E-state index is 10.9. The number of carbonyl (C=O) groups excluding carboxylic acids is 1. The molecule has 0 aliphatic heterocycles. The van der Waals surface area contributed by atoms with Crippen molar-refractivity contribution in [2.75, 3.05) is 6.54 Å². The Hall–Kier alpha value is -0.570. The van der Waals surface area contributed by atoms with Crippen LogP contribution in [0.3, 0.4) is 0 Å². The lowest BCUT2D eigenvalue weighted by Crippen LogP contribution is -2.39. The van der Waals surface area contributed by atoms with Crippen molar-refractivity contribution in [2.24, 2.45) is 11.8 Å². The number of carbonyl (C=O) groups is 1. The molecule has 3 heteroatoms. The van der Waals surface area contributed by atoms with Crippen molar-refractivity contribution in [2.45, 2.75) is 20.8 Å². The molecule has 0 aromatic heterocycles. The highest BCUT2D eigenvalue weighted by Crippen LogP contribution is 1.95. The highest BCUT2D eigenvalue weighted by atomic mass is 16.2. The zero-order valence-electron chi connectivity index (χ0n) is 6.22. The Morgan fingerprint density at radius 1 is 1.67 bits per heavy atom. The van der Waals surface area contributed by atoms with Crippen molar-refractivity contribution in [3.8, 4) is 0 Å². The Bertz CT molecular complexity index is 101. The number of rotatable bonds is 2. The van der Waals surface area contributed by atoms with Gasteiger partial charge in [0.2, 0.25) is 5.91 Å². The molecule has 0 saturated carbocycles. The van der Waals surface area contributed by atoms with Gasteiger partial charge in [0, 0.05) is 12.5 Å². The first-order valence-corrected chi connectivity index (χ1v) is 3.15. The lowest BCUT2D eigenvalue weighted by Gasteiger charge is -2.15. The molecule has 0 radical (unpaired) electrons. The maximum Gasteiger partial charge on any atom is 0.239 e. The van der Waals surface area contributed by atoms with Crippen LogP contribution in [0.25, 0.3) is 0 Å². The third kappa shape index (κ3) is 2.46. The van der Waals surface area contributed by atoms with E-state index in [0.717, 1.165) is 0 Å². The van der Waals surface area contributed by atoms with Crippen LogP contribution in [0.2, 0.25) is 0 Å². The third-order valence-corrected chi connectivity index (χ3v) is 1.12. The van der Waals surface area contributed by atoms with Gasteiger partial charge in [-0.25, -0.2) is 5.84 Å². The van der Waals surface area contributed by atoms with Gasteiger partial charge in [-0.2, -0.15) is 0 Å². The molecule has 0 aliphatic rings. The average Bonchev–Trinajstić information content (AvgIpc) is 1.84. The fourth-order valence-electron chi connectivity index (χ4n) is 0.487.